The molecule has 6 nitrogen and oxygen atoms in total. The van der Waals surface area contributed by atoms with E-state index in [1.165, 1.54) is 0 Å². The molecule has 0 saturated carbocycles. The Labute approximate surface area is 182 Å². The van der Waals surface area contributed by atoms with Crippen molar-refractivity contribution in [2.75, 3.05) is 20.3 Å². The van der Waals surface area contributed by atoms with Gasteiger partial charge in [-0.1, -0.05) is 18.2 Å². The van der Waals surface area contributed by atoms with Crippen LogP contribution in [0.15, 0.2) is 73.1 Å². The van der Waals surface area contributed by atoms with E-state index in [9.17, 15) is 4.79 Å². The summed E-state index contributed by atoms with van der Waals surface area (Å²) in [5.41, 5.74) is 1.57. The first-order valence-electron chi connectivity index (χ1n) is 10.4. The average molecular weight is 418 g/mol. The molecular weight excluding hydrogens is 392 g/mol. The predicted octanol–water partition coefficient (Wildman–Crippen LogP) is 4.70. The van der Waals surface area contributed by atoms with Gasteiger partial charge in [0.25, 0.3) is 5.91 Å². The number of hydrogen-bond donors (Lipinski definition) is 0. The van der Waals surface area contributed by atoms with Gasteiger partial charge in [-0.15, -0.1) is 0 Å². The van der Waals surface area contributed by atoms with Crippen LogP contribution in [0.1, 0.15) is 28.8 Å². The van der Waals surface area contributed by atoms with E-state index in [0.29, 0.717) is 30.2 Å². The molecule has 0 spiro atoms. The Morgan fingerprint density at radius 2 is 1.94 bits per heavy atom. The van der Waals surface area contributed by atoms with Crippen LogP contribution in [0.5, 0.6) is 17.2 Å². The molecule has 0 bridgehead atoms. The molecule has 1 atom stereocenters. The van der Waals surface area contributed by atoms with Gasteiger partial charge in [0.05, 0.1) is 19.4 Å². The van der Waals surface area contributed by atoms with Crippen molar-refractivity contribution in [3.63, 3.8) is 0 Å². The average Bonchev–Trinajstić information content (AvgIpc) is 3.33. The number of benzene rings is 2. The second kappa shape index (κ2) is 10.1. The van der Waals surface area contributed by atoms with Gasteiger partial charge in [-0.2, -0.15) is 0 Å². The van der Waals surface area contributed by atoms with Crippen LogP contribution in [0, 0.1) is 0 Å². The molecule has 1 aliphatic heterocycles. The number of amides is 1. The van der Waals surface area contributed by atoms with Crippen molar-refractivity contribution >= 4 is 5.91 Å². The molecule has 3 aromatic rings. The van der Waals surface area contributed by atoms with E-state index in [-0.39, 0.29) is 12.0 Å². The zero-order valence-electron chi connectivity index (χ0n) is 17.6. The third-order valence-corrected chi connectivity index (χ3v) is 5.26. The number of carbonyl (C=O) groups is 1. The molecule has 6 heteroatoms. The summed E-state index contributed by atoms with van der Waals surface area (Å²) >= 11 is 0. The van der Waals surface area contributed by atoms with Crippen molar-refractivity contribution in [3.8, 4) is 17.2 Å². The van der Waals surface area contributed by atoms with Crippen molar-refractivity contribution in [2.24, 2.45) is 0 Å². The van der Waals surface area contributed by atoms with Crippen LogP contribution in [0.25, 0.3) is 0 Å². The molecule has 1 aliphatic rings. The predicted molar refractivity (Wildman–Crippen MR) is 117 cm³/mol. The van der Waals surface area contributed by atoms with Crippen molar-refractivity contribution in [1.29, 1.82) is 0 Å². The number of para-hydroxylation sites is 1. The highest BCUT2D eigenvalue weighted by atomic mass is 16.5. The molecule has 1 aromatic heterocycles. The van der Waals surface area contributed by atoms with E-state index in [4.69, 9.17) is 14.2 Å². The molecule has 31 heavy (non-hydrogen) atoms. The minimum atomic E-state index is -0.0469. The number of methoxy groups -OCH3 is 1. The van der Waals surface area contributed by atoms with Crippen LogP contribution in [-0.2, 0) is 11.3 Å². The summed E-state index contributed by atoms with van der Waals surface area (Å²) in [6.07, 6.45) is 5.40. The van der Waals surface area contributed by atoms with Crippen LogP contribution in [0.2, 0.25) is 0 Å². The van der Waals surface area contributed by atoms with Gasteiger partial charge in [0, 0.05) is 37.0 Å². The lowest BCUT2D eigenvalue weighted by atomic mass is 10.1. The lowest BCUT2D eigenvalue weighted by molar-refractivity contribution is 0.0505. The van der Waals surface area contributed by atoms with E-state index < -0.39 is 0 Å². The van der Waals surface area contributed by atoms with Gasteiger partial charge in [-0.3, -0.25) is 9.78 Å². The Bertz CT molecular complexity index is 986. The highest BCUT2D eigenvalue weighted by molar-refractivity contribution is 5.94. The first kappa shape index (κ1) is 20.9. The van der Waals surface area contributed by atoms with E-state index in [1.807, 2.05) is 41.3 Å². The maximum atomic E-state index is 13.4. The SMILES string of the molecule is COc1ccccc1CN(CC1CCCO1)C(=O)c1ccc(Oc2cccnc2)cc1. The van der Waals surface area contributed by atoms with Crippen LogP contribution in [-0.4, -0.2) is 42.2 Å². The summed E-state index contributed by atoms with van der Waals surface area (Å²) in [7, 11) is 1.64. The third-order valence-electron chi connectivity index (χ3n) is 5.26. The molecule has 1 amide bonds. The van der Waals surface area contributed by atoms with Gasteiger partial charge in [0.2, 0.25) is 0 Å². The lowest BCUT2D eigenvalue weighted by Crippen LogP contribution is -2.37. The van der Waals surface area contributed by atoms with Crippen LogP contribution in [0.4, 0.5) is 0 Å². The highest BCUT2D eigenvalue weighted by Crippen LogP contribution is 2.24. The molecule has 0 aliphatic carbocycles. The second-order valence-electron chi connectivity index (χ2n) is 7.45. The Kier molecular flexibility index (Phi) is 6.79. The lowest BCUT2D eigenvalue weighted by Gasteiger charge is -2.26. The summed E-state index contributed by atoms with van der Waals surface area (Å²) in [4.78, 5) is 19.3. The fourth-order valence-corrected chi connectivity index (χ4v) is 3.68. The van der Waals surface area contributed by atoms with Gasteiger partial charge in [-0.25, -0.2) is 0 Å². The number of rotatable bonds is 8. The number of carbonyl (C=O) groups excluding carboxylic acids is 1. The summed E-state index contributed by atoms with van der Waals surface area (Å²) in [6, 6.07) is 18.6. The number of aromatic nitrogens is 1. The molecule has 0 radical (unpaired) electrons. The van der Waals surface area contributed by atoms with Gasteiger partial charge < -0.3 is 19.1 Å². The van der Waals surface area contributed by atoms with Gasteiger partial charge in [0.1, 0.15) is 17.2 Å². The minimum absolute atomic E-state index is 0.0469. The Morgan fingerprint density at radius 3 is 2.65 bits per heavy atom. The van der Waals surface area contributed by atoms with E-state index in [2.05, 4.69) is 4.98 Å². The quantitative estimate of drug-likeness (QED) is 0.530. The van der Waals surface area contributed by atoms with Crippen LogP contribution < -0.4 is 9.47 Å². The normalized spacial score (nSPS) is 15.5. The van der Waals surface area contributed by atoms with Crippen molar-refractivity contribution in [2.45, 2.75) is 25.5 Å². The van der Waals surface area contributed by atoms with E-state index in [1.54, 1.807) is 43.8 Å². The molecule has 2 heterocycles. The van der Waals surface area contributed by atoms with Crippen LogP contribution >= 0.6 is 0 Å². The molecule has 1 unspecified atom stereocenters. The first-order valence-corrected chi connectivity index (χ1v) is 10.4. The first-order chi connectivity index (χ1) is 15.2. The summed E-state index contributed by atoms with van der Waals surface area (Å²) < 4.78 is 17.1. The summed E-state index contributed by atoms with van der Waals surface area (Å²) in [6.45, 7) is 1.75. The van der Waals surface area contributed by atoms with Crippen LogP contribution in [0.3, 0.4) is 0 Å². The fraction of sp³-hybridized carbons (Fsp3) is 0.280. The Balaban J connectivity index is 1.51. The zero-order valence-corrected chi connectivity index (χ0v) is 17.6. The fourth-order valence-electron chi connectivity index (χ4n) is 3.68. The van der Waals surface area contributed by atoms with Gasteiger partial charge >= 0.3 is 0 Å². The van der Waals surface area contributed by atoms with Crippen molar-refractivity contribution in [3.05, 3.63) is 84.2 Å². The largest absolute Gasteiger partial charge is 0.496 e. The van der Waals surface area contributed by atoms with Gasteiger partial charge in [0.15, 0.2) is 0 Å². The molecule has 160 valence electrons. The minimum Gasteiger partial charge on any atom is -0.496 e. The van der Waals surface area contributed by atoms with Crippen molar-refractivity contribution in [1.82, 2.24) is 9.88 Å². The maximum Gasteiger partial charge on any atom is 0.254 e. The summed E-state index contributed by atoms with van der Waals surface area (Å²) in [5.74, 6) is 2.03. The standard InChI is InChI=1S/C25H26N2O4/c1-29-24-9-3-2-6-20(24)17-27(18-23-8-5-15-30-23)25(28)19-10-12-21(13-11-19)31-22-7-4-14-26-16-22/h2-4,6-7,9-14,16,23H,5,8,15,17-18H2,1H3. The number of nitrogens with zero attached hydrogens (tertiary/aromatic N) is 2. The third kappa shape index (κ3) is 5.41. The van der Waals surface area contributed by atoms with E-state index in [0.717, 1.165) is 30.8 Å². The summed E-state index contributed by atoms with van der Waals surface area (Å²) in [5, 5.41) is 0. The molecule has 2 aromatic carbocycles. The zero-order chi connectivity index (χ0) is 21.5. The molecule has 1 fully saturated rings. The molecular formula is C25H26N2O4. The number of pyridine rings is 1. The second-order valence-corrected chi connectivity index (χ2v) is 7.45. The van der Waals surface area contributed by atoms with E-state index >= 15 is 0 Å². The number of hydrogen-bond acceptors (Lipinski definition) is 5. The molecule has 4 rings (SSSR count). The Morgan fingerprint density at radius 1 is 1.10 bits per heavy atom. The van der Waals surface area contributed by atoms with Gasteiger partial charge in [-0.05, 0) is 55.3 Å². The monoisotopic (exact) mass is 418 g/mol. The maximum absolute atomic E-state index is 13.4. The highest BCUT2D eigenvalue weighted by Gasteiger charge is 2.24. The number of ether oxygens (including phenoxy) is 3. The Hall–Kier alpha value is -3.38. The molecule has 1 saturated heterocycles. The topological polar surface area (TPSA) is 60.9 Å². The van der Waals surface area contributed by atoms with Crippen molar-refractivity contribution < 1.29 is 19.0 Å². The molecule has 0 N–H and O–H groups in total. The smallest absolute Gasteiger partial charge is 0.254 e.